The number of benzene rings is 1. The lowest BCUT2D eigenvalue weighted by Crippen LogP contribution is -2.11. The Morgan fingerprint density at radius 1 is 1.20 bits per heavy atom. The lowest BCUT2D eigenvalue weighted by atomic mass is 10.1. The van der Waals surface area contributed by atoms with Crippen LogP contribution < -0.4 is 5.63 Å². The van der Waals surface area contributed by atoms with Gasteiger partial charge in [0.1, 0.15) is 5.58 Å². The van der Waals surface area contributed by atoms with Crippen LogP contribution in [0.2, 0.25) is 0 Å². The number of aromatic nitrogens is 1. The van der Waals surface area contributed by atoms with E-state index in [1.807, 2.05) is 24.3 Å². The molecule has 4 heteroatoms. The van der Waals surface area contributed by atoms with E-state index >= 15 is 0 Å². The Bertz CT molecular complexity index is 836. The van der Waals surface area contributed by atoms with Crippen molar-refractivity contribution in [3.8, 4) is 0 Å². The Morgan fingerprint density at radius 2 is 2.05 bits per heavy atom. The first kappa shape index (κ1) is 12.3. The summed E-state index contributed by atoms with van der Waals surface area (Å²) in [5.74, 6) is 0. The quantitative estimate of drug-likeness (QED) is 0.527. The Kier molecular flexibility index (Phi) is 3.13. The normalized spacial score (nSPS) is 11.8. The summed E-state index contributed by atoms with van der Waals surface area (Å²) in [4.78, 5) is 20.4. The van der Waals surface area contributed by atoms with Gasteiger partial charge in [0.05, 0.1) is 23.2 Å². The third kappa shape index (κ3) is 2.36. The molecule has 1 aromatic carbocycles. The summed E-state index contributed by atoms with van der Waals surface area (Å²) in [6.45, 7) is 1.79. The van der Waals surface area contributed by atoms with Crippen LogP contribution in [0.4, 0.5) is 5.69 Å². The second-order valence-electron chi connectivity index (χ2n) is 4.39. The molecule has 2 heterocycles. The van der Waals surface area contributed by atoms with E-state index in [-0.39, 0.29) is 5.63 Å². The summed E-state index contributed by atoms with van der Waals surface area (Å²) in [6.07, 6.45) is 3.32. The van der Waals surface area contributed by atoms with Crippen LogP contribution in [-0.2, 0) is 0 Å². The maximum atomic E-state index is 12.0. The number of para-hydroxylation sites is 1. The Balaban J connectivity index is 2.12. The molecule has 2 aromatic heterocycles. The van der Waals surface area contributed by atoms with E-state index in [1.165, 1.54) is 0 Å². The highest BCUT2D eigenvalue weighted by molar-refractivity contribution is 6.01. The van der Waals surface area contributed by atoms with E-state index in [0.29, 0.717) is 22.5 Å². The predicted octanol–water partition coefficient (Wildman–Crippen LogP) is 3.33. The molecule has 0 bridgehead atoms. The molecule has 0 unspecified atom stereocenters. The molecule has 98 valence electrons. The van der Waals surface area contributed by atoms with Gasteiger partial charge in [-0.25, -0.2) is 4.79 Å². The minimum atomic E-state index is -0.381. The van der Waals surface area contributed by atoms with Gasteiger partial charge in [-0.15, -0.1) is 0 Å². The van der Waals surface area contributed by atoms with Gasteiger partial charge >= 0.3 is 5.63 Å². The van der Waals surface area contributed by atoms with Gasteiger partial charge in [-0.1, -0.05) is 18.2 Å². The molecule has 0 saturated carbocycles. The van der Waals surface area contributed by atoms with Crippen molar-refractivity contribution in [1.82, 2.24) is 4.98 Å². The fourth-order valence-corrected chi connectivity index (χ4v) is 1.99. The zero-order chi connectivity index (χ0) is 13.9. The molecule has 0 atom stereocenters. The first-order valence-electron chi connectivity index (χ1n) is 6.22. The van der Waals surface area contributed by atoms with Crippen molar-refractivity contribution in [2.24, 2.45) is 4.99 Å². The lowest BCUT2D eigenvalue weighted by Gasteiger charge is -2.02. The molecule has 0 radical (unpaired) electrons. The van der Waals surface area contributed by atoms with Crippen LogP contribution in [0.25, 0.3) is 11.0 Å². The summed E-state index contributed by atoms with van der Waals surface area (Å²) >= 11 is 0. The van der Waals surface area contributed by atoms with Crippen molar-refractivity contribution in [1.29, 1.82) is 0 Å². The van der Waals surface area contributed by atoms with Gasteiger partial charge < -0.3 is 4.42 Å². The molecule has 0 fully saturated rings. The molecule has 0 saturated heterocycles. The molecule has 0 N–H and O–H groups in total. The fourth-order valence-electron chi connectivity index (χ4n) is 1.99. The average molecular weight is 264 g/mol. The average Bonchev–Trinajstić information content (AvgIpc) is 2.47. The molecule has 20 heavy (non-hydrogen) atoms. The molecular weight excluding hydrogens is 252 g/mol. The van der Waals surface area contributed by atoms with Gasteiger partial charge in [0.15, 0.2) is 0 Å². The van der Waals surface area contributed by atoms with Crippen molar-refractivity contribution in [2.45, 2.75) is 6.92 Å². The van der Waals surface area contributed by atoms with Crippen LogP contribution in [0.5, 0.6) is 0 Å². The van der Waals surface area contributed by atoms with Crippen molar-refractivity contribution in [3.63, 3.8) is 0 Å². The molecule has 3 aromatic rings. The first-order chi connectivity index (χ1) is 9.74. The van der Waals surface area contributed by atoms with Crippen molar-refractivity contribution >= 4 is 22.4 Å². The Hall–Kier alpha value is -2.75. The van der Waals surface area contributed by atoms with E-state index in [1.54, 1.807) is 37.5 Å². The Morgan fingerprint density at radius 3 is 2.85 bits per heavy atom. The number of pyridine rings is 1. The maximum absolute atomic E-state index is 12.0. The highest BCUT2D eigenvalue weighted by atomic mass is 16.4. The summed E-state index contributed by atoms with van der Waals surface area (Å²) in [6, 6.07) is 12.8. The smallest absolute Gasteiger partial charge is 0.345 e. The van der Waals surface area contributed by atoms with Gasteiger partial charge in [0.25, 0.3) is 0 Å². The van der Waals surface area contributed by atoms with Gasteiger partial charge in [0, 0.05) is 11.6 Å². The molecule has 4 nitrogen and oxygen atoms in total. The number of nitrogens with zero attached hydrogens (tertiary/aromatic N) is 2. The second-order valence-corrected chi connectivity index (χ2v) is 4.39. The summed E-state index contributed by atoms with van der Waals surface area (Å²) in [5, 5.41) is 0.878. The summed E-state index contributed by atoms with van der Waals surface area (Å²) in [5.41, 5.74) is 1.98. The second kappa shape index (κ2) is 5.09. The molecule has 0 aliphatic rings. The van der Waals surface area contributed by atoms with Crippen molar-refractivity contribution in [2.75, 3.05) is 0 Å². The summed E-state index contributed by atoms with van der Waals surface area (Å²) in [7, 11) is 0. The highest BCUT2D eigenvalue weighted by Crippen LogP contribution is 2.15. The van der Waals surface area contributed by atoms with Gasteiger partial charge in [0.2, 0.25) is 0 Å². The van der Waals surface area contributed by atoms with Gasteiger partial charge in [-0.2, -0.15) is 0 Å². The minimum Gasteiger partial charge on any atom is -0.422 e. The van der Waals surface area contributed by atoms with E-state index in [4.69, 9.17) is 4.42 Å². The predicted molar refractivity (Wildman–Crippen MR) is 78.6 cm³/mol. The van der Waals surface area contributed by atoms with Crippen molar-refractivity contribution in [3.05, 3.63) is 70.8 Å². The van der Waals surface area contributed by atoms with Crippen LogP contribution >= 0.6 is 0 Å². The standard InChI is InChI=1S/C16H12N2O2/c1-11(18-13-6-4-8-17-10-13)14-9-12-5-2-3-7-15(12)20-16(14)19/h2-10H,1H3. The molecule has 3 rings (SSSR count). The van der Waals surface area contributed by atoms with Crippen LogP contribution in [-0.4, -0.2) is 10.7 Å². The Labute approximate surface area is 115 Å². The van der Waals surface area contributed by atoms with Crippen LogP contribution in [0.3, 0.4) is 0 Å². The molecule has 0 amide bonds. The molecule has 0 aliphatic heterocycles. The zero-order valence-corrected chi connectivity index (χ0v) is 10.9. The minimum absolute atomic E-state index is 0.381. The van der Waals surface area contributed by atoms with E-state index in [9.17, 15) is 4.79 Å². The van der Waals surface area contributed by atoms with E-state index < -0.39 is 0 Å². The van der Waals surface area contributed by atoms with Crippen LogP contribution in [0.1, 0.15) is 12.5 Å². The fraction of sp³-hybridized carbons (Fsp3) is 0.0625. The number of hydrogen-bond donors (Lipinski definition) is 0. The maximum Gasteiger partial charge on any atom is 0.345 e. The highest BCUT2D eigenvalue weighted by Gasteiger charge is 2.08. The van der Waals surface area contributed by atoms with Crippen LogP contribution in [0.15, 0.2) is 69.1 Å². The number of aliphatic imine (C=N–C) groups is 1. The third-order valence-electron chi connectivity index (χ3n) is 2.97. The zero-order valence-electron chi connectivity index (χ0n) is 10.9. The lowest BCUT2D eigenvalue weighted by molar-refractivity contribution is 0.559. The SMILES string of the molecule is CC(=Nc1cccnc1)c1cc2ccccc2oc1=O. The molecule has 0 spiro atoms. The van der Waals surface area contributed by atoms with E-state index in [0.717, 1.165) is 5.39 Å². The van der Waals surface area contributed by atoms with Crippen LogP contribution in [0, 0.1) is 0 Å². The first-order valence-corrected chi connectivity index (χ1v) is 6.22. The summed E-state index contributed by atoms with van der Waals surface area (Å²) < 4.78 is 5.30. The van der Waals surface area contributed by atoms with E-state index in [2.05, 4.69) is 9.98 Å². The number of fused-ring (bicyclic) bond motifs is 1. The third-order valence-corrected chi connectivity index (χ3v) is 2.97. The topological polar surface area (TPSA) is 55.5 Å². The molecular formula is C16H12N2O2. The van der Waals surface area contributed by atoms with Gasteiger partial charge in [-0.05, 0) is 31.2 Å². The van der Waals surface area contributed by atoms with Gasteiger partial charge in [-0.3, -0.25) is 9.98 Å². The van der Waals surface area contributed by atoms with Crippen molar-refractivity contribution < 1.29 is 4.42 Å². The number of hydrogen-bond acceptors (Lipinski definition) is 4. The number of rotatable bonds is 2. The molecule has 0 aliphatic carbocycles. The largest absolute Gasteiger partial charge is 0.422 e. The monoisotopic (exact) mass is 264 g/mol.